The van der Waals surface area contributed by atoms with Crippen molar-refractivity contribution in [1.82, 2.24) is 0 Å². The van der Waals surface area contributed by atoms with Crippen LogP contribution >= 0.6 is 0 Å². The number of aliphatic carboxylic acids is 1. The van der Waals surface area contributed by atoms with Crippen molar-refractivity contribution >= 4 is 5.97 Å². The zero-order valence-corrected chi connectivity index (χ0v) is 23.5. The molecule has 0 saturated heterocycles. The zero-order valence-electron chi connectivity index (χ0n) is 23.5. The van der Waals surface area contributed by atoms with Crippen molar-refractivity contribution in [2.24, 2.45) is 56.7 Å². The molecular formula is C31H50O4. The van der Waals surface area contributed by atoms with E-state index in [1.165, 1.54) is 5.57 Å². The number of rotatable bonds is 2. The van der Waals surface area contributed by atoms with E-state index in [-0.39, 0.29) is 33.7 Å². The Bertz CT molecular complexity index is 923. The summed E-state index contributed by atoms with van der Waals surface area (Å²) in [5.41, 5.74) is 0.974. The predicted molar refractivity (Wildman–Crippen MR) is 139 cm³/mol. The van der Waals surface area contributed by atoms with Gasteiger partial charge in [0.1, 0.15) is 0 Å². The Morgan fingerprint density at radius 1 is 1.00 bits per heavy atom. The minimum absolute atomic E-state index is 0.0294. The molecule has 4 nitrogen and oxygen atoms in total. The maximum Gasteiger partial charge on any atom is 0.310 e. The first-order valence-corrected chi connectivity index (χ1v) is 14.4. The van der Waals surface area contributed by atoms with Crippen molar-refractivity contribution in [2.45, 2.75) is 112 Å². The number of fused-ring (bicyclic) bond motifs is 7. The molecule has 0 unspecified atom stereocenters. The van der Waals surface area contributed by atoms with Crippen LogP contribution in [0, 0.1) is 56.7 Å². The molecule has 4 fully saturated rings. The quantitative estimate of drug-likeness (QED) is 0.426. The van der Waals surface area contributed by atoms with Gasteiger partial charge in [-0.05, 0) is 103 Å². The van der Waals surface area contributed by atoms with Crippen molar-refractivity contribution in [3.63, 3.8) is 0 Å². The number of carboxylic acid groups (broad SMARTS) is 1. The molecule has 0 radical (unpaired) electrons. The third kappa shape index (κ3) is 3.02. The summed E-state index contributed by atoms with van der Waals surface area (Å²) in [6, 6.07) is 0. The van der Waals surface area contributed by atoms with Gasteiger partial charge < -0.3 is 14.9 Å². The largest absolute Gasteiger partial charge is 0.481 e. The van der Waals surface area contributed by atoms with E-state index in [1.54, 1.807) is 7.11 Å². The van der Waals surface area contributed by atoms with E-state index >= 15 is 0 Å². The highest BCUT2D eigenvalue weighted by molar-refractivity contribution is 5.76. The maximum atomic E-state index is 12.8. The van der Waals surface area contributed by atoms with Crippen molar-refractivity contribution < 1.29 is 19.7 Å². The van der Waals surface area contributed by atoms with Gasteiger partial charge in [0.2, 0.25) is 0 Å². The van der Waals surface area contributed by atoms with Gasteiger partial charge in [-0.25, -0.2) is 0 Å². The number of allylic oxidation sites excluding steroid dienone is 2. The van der Waals surface area contributed by atoms with E-state index in [0.717, 1.165) is 51.4 Å². The molecule has 2 N–H and O–H groups in total. The molecule has 35 heavy (non-hydrogen) atoms. The van der Waals surface area contributed by atoms with Gasteiger partial charge in [0.15, 0.2) is 0 Å². The Kier molecular flexibility index (Phi) is 5.76. The zero-order chi connectivity index (χ0) is 25.8. The lowest BCUT2D eigenvalue weighted by molar-refractivity contribution is -0.236. The van der Waals surface area contributed by atoms with Crippen LogP contribution in [0.3, 0.4) is 0 Å². The average molecular weight is 487 g/mol. The lowest BCUT2D eigenvalue weighted by Gasteiger charge is -2.71. The molecule has 0 amide bonds. The second kappa shape index (κ2) is 7.82. The lowest BCUT2D eigenvalue weighted by atomic mass is 9.33. The summed E-state index contributed by atoms with van der Waals surface area (Å²) in [5.74, 6) is 1.54. The Balaban J connectivity index is 1.62. The summed E-state index contributed by atoms with van der Waals surface area (Å²) in [5, 5.41) is 21.8. The first kappa shape index (κ1) is 25.8. The third-order valence-electron chi connectivity index (χ3n) is 13.6. The minimum Gasteiger partial charge on any atom is -0.481 e. The SMILES string of the molecule is CO[C@@H]1C[C@]2(C)[C@H]3CC=C4[C@@H]5[C@@H](C)[C@H](C)CC[C@]5(C(=O)O)CC[C@@]4(C)[C@]3(C)CC[C@H]2C(C)(C)[C@H]1O. The molecule has 0 aromatic carbocycles. The summed E-state index contributed by atoms with van der Waals surface area (Å²) in [6.45, 7) is 16.7. The Morgan fingerprint density at radius 2 is 1.69 bits per heavy atom. The number of aliphatic hydroxyl groups is 1. The van der Waals surface area contributed by atoms with Gasteiger partial charge in [-0.3, -0.25) is 4.79 Å². The monoisotopic (exact) mass is 486 g/mol. The topological polar surface area (TPSA) is 66.8 Å². The molecule has 0 aromatic rings. The summed E-state index contributed by atoms with van der Waals surface area (Å²) < 4.78 is 5.90. The van der Waals surface area contributed by atoms with Crippen LogP contribution in [0.2, 0.25) is 0 Å². The molecule has 4 heteroatoms. The fourth-order valence-electron chi connectivity index (χ4n) is 11.2. The van der Waals surface area contributed by atoms with E-state index < -0.39 is 17.5 Å². The number of carboxylic acids is 1. The van der Waals surface area contributed by atoms with E-state index in [9.17, 15) is 15.0 Å². The Hall–Kier alpha value is -0.870. The van der Waals surface area contributed by atoms with Crippen molar-refractivity contribution in [3.05, 3.63) is 11.6 Å². The minimum atomic E-state index is -0.584. The average Bonchev–Trinajstić information content (AvgIpc) is 2.79. The van der Waals surface area contributed by atoms with Crippen LogP contribution in [0.25, 0.3) is 0 Å². The number of hydrogen-bond acceptors (Lipinski definition) is 3. The second-order valence-corrected chi connectivity index (χ2v) is 14.9. The van der Waals surface area contributed by atoms with Crippen LogP contribution in [-0.4, -0.2) is 35.5 Å². The summed E-state index contributed by atoms with van der Waals surface area (Å²) >= 11 is 0. The van der Waals surface area contributed by atoms with Crippen molar-refractivity contribution in [3.8, 4) is 0 Å². The van der Waals surface area contributed by atoms with Gasteiger partial charge in [0.25, 0.3) is 0 Å². The molecule has 0 heterocycles. The highest BCUT2D eigenvalue weighted by atomic mass is 16.5. The van der Waals surface area contributed by atoms with E-state index in [1.807, 2.05) is 0 Å². The van der Waals surface area contributed by atoms with Gasteiger partial charge in [-0.15, -0.1) is 0 Å². The number of methoxy groups -OCH3 is 1. The number of ether oxygens (including phenoxy) is 1. The van der Waals surface area contributed by atoms with E-state index in [4.69, 9.17) is 4.74 Å². The highest BCUT2D eigenvalue weighted by Gasteiger charge is 2.70. The van der Waals surface area contributed by atoms with Crippen LogP contribution < -0.4 is 0 Å². The fraction of sp³-hybridized carbons (Fsp3) is 0.903. The van der Waals surface area contributed by atoms with Crippen LogP contribution in [0.1, 0.15) is 99.8 Å². The van der Waals surface area contributed by atoms with Crippen LogP contribution in [0.4, 0.5) is 0 Å². The van der Waals surface area contributed by atoms with E-state index in [0.29, 0.717) is 23.7 Å². The lowest BCUT2D eigenvalue weighted by Crippen LogP contribution is -2.67. The Morgan fingerprint density at radius 3 is 2.31 bits per heavy atom. The molecule has 4 saturated carbocycles. The Labute approximate surface area is 213 Å². The summed E-state index contributed by atoms with van der Waals surface area (Å²) in [6.07, 6.45) is 9.86. The van der Waals surface area contributed by atoms with Crippen LogP contribution in [0.5, 0.6) is 0 Å². The maximum absolute atomic E-state index is 12.8. The van der Waals surface area contributed by atoms with Crippen LogP contribution in [0.15, 0.2) is 11.6 Å². The predicted octanol–water partition coefficient (Wildman–Crippen LogP) is 6.71. The molecule has 0 aliphatic heterocycles. The van der Waals surface area contributed by atoms with Crippen LogP contribution in [-0.2, 0) is 9.53 Å². The molecule has 5 aliphatic carbocycles. The molecule has 5 rings (SSSR count). The number of aliphatic hydroxyl groups excluding tert-OH is 1. The van der Waals surface area contributed by atoms with Gasteiger partial charge >= 0.3 is 5.97 Å². The van der Waals surface area contributed by atoms with Gasteiger partial charge in [0.05, 0.1) is 17.6 Å². The molecule has 0 aromatic heterocycles. The van der Waals surface area contributed by atoms with Gasteiger partial charge in [0, 0.05) is 7.11 Å². The normalized spacial score (nSPS) is 55.0. The van der Waals surface area contributed by atoms with Gasteiger partial charge in [-0.2, -0.15) is 0 Å². The standard InChI is InChI=1S/C31H50O4/c1-18-11-14-31(26(33)34)16-15-29(6)20(24(31)19(18)2)9-10-23-28(5)17-21(35-8)25(32)27(3,4)22(28)12-13-30(23,29)7/h9,18-19,21-25,32H,10-17H2,1-8H3,(H,33,34)/t18-,19+,21-,22+,23-,24+,25+,28+,29-,30-,31+/m1/s1. The third-order valence-corrected chi connectivity index (χ3v) is 13.6. The van der Waals surface area contributed by atoms with Gasteiger partial charge in [-0.1, -0.05) is 60.1 Å². The molecule has 11 atom stereocenters. The number of carbonyl (C=O) groups is 1. The number of hydrogen-bond donors (Lipinski definition) is 2. The molecule has 0 spiro atoms. The molecule has 0 bridgehead atoms. The van der Waals surface area contributed by atoms with Crippen molar-refractivity contribution in [1.29, 1.82) is 0 Å². The first-order chi connectivity index (χ1) is 16.2. The molecule has 5 aliphatic rings. The summed E-state index contributed by atoms with van der Waals surface area (Å²) in [4.78, 5) is 12.8. The van der Waals surface area contributed by atoms with E-state index in [2.05, 4.69) is 54.5 Å². The fourth-order valence-corrected chi connectivity index (χ4v) is 11.2. The smallest absolute Gasteiger partial charge is 0.310 e. The highest BCUT2D eigenvalue weighted by Crippen LogP contribution is 2.75. The summed E-state index contributed by atoms with van der Waals surface area (Å²) in [7, 11) is 1.76. The molecular weight excluding hydrogens is 436 g/mol. The first-order valence-electron chi connectivity index (χ1n) is 14.4. The van der Waals surface area contributed by atoms with Crippen molar-refractivity contribution in [2.75, 3.05) is 7.11 Å². The second-order valence-electron chi connectivity index (χ2n) is 14.9. The molecule has 198 valence electrons.